The number of hydrogen-bond acceptors (Lipinski definition) is 5. The third-order valence-corrected chi connectivity index (χ3v) is 4.94. The van der Waals surface area contributed by atoms with Crippen LogP contribution in [0.25, 0.3) is 5.82 Å². The van der Waals surface area contributed by atoms with Gasteiger partial charge in [-0.2, -0.15) is 10.1 Å². The largest absolute Gasteiger partial charge is 0.439 e. The van der Waals surface area contributed by atoms with Crippen molar-refractivity contribution in [3.63, 3.8) is 0 Å². The lowest BCUT2D eigenvalue weighted by atomic mass is 10.2. The lowest BCUT2D eigenvalue weighted by Crippen LogP contribution is -2.11. The van der Waals surface area contributed by atoms with Gasteiger partial charge in [0.05, 0.1) is 5.69 Å². The summed E-state index contributed by atoms with van der Waals surface area (Å²) in [5.41, 5.74) is 3.13. The zero-order valence-electron chi connectivity index (χ0n) is 17.3. The highest BCUT2D eigenvalue weighted by Crippen LogP contribution is 2.24. The molecule has 2 heterocycles. The van der Waals surface area contributed by atoms with E-state index in [2.05, 4.69) is 36.3 Å². The Hall–Kier alpha value is -3.52. The number of amides is 1. The second kappa shape index (κ2) is 8.69. The molecule has 0 saturated carbocycles. The second-order valence-electron chi connectivity index (χ2n) is 7.04. The summed E-state index contributed by atoms with van der Waals surface area (Å²) < 4.78 is 8.53. The number of anilines is 1. The molecule has 2 aromatic carbocycles. The van der Waals surface area contributed by atoms with E-state index in [0.29, 0.717) is 34.5 Å². The molecule has 0 aliphatic carbocycles. The highest BCUT2D eigenvalue weighted by Gasteiger charge is 2.11. The molecular formula is C23H20BrN5O2. The fraction of sp³-hybridized carbons (Fsp3) is 0.130. The molecule has 4 aromatic rings. The van der Waals surface area contributed by atoms with Crippen molar-refractivity contribution in [2.45, 2.75) is 20.8 Å². The SMILES string of the molecule is Cc1cc(C)n(-c2cc(Oc3ccc(NC(=O)c4cccc(Br)c4)cc3)nc(C)n2)n1. The average Bonchev–Trinajstić information content (AvgIpc) is 3.07. The van der Waals surface area contributed by atoms with Crippen LogP contribution in [-0.2, 0) is 0 Å². The summed E-state index contributed by atoms with van der Waals surface area (Å²) in [6.45, 7) is 5.72. The summed E-state index contributed by atoms with van der Waals surface area (Å²) >= 11 is 3.37. The van der Waals surface area contributed by atoms with Crippen LogP contribution >= 0.6 is 15.9 Å². The second-order valence-corrected chi connectivity index (χ2v) is 7.96. The standard InChI is InChI=1S/C23H20BrN5O2/c1-14-11-15(2)29(28-14)21-13-22(26-16(3)25-21)31-20-9-7-19(8-10-20)27-23(30)17-5-4-6-18(24)12-17/h4-13H,1-3H3,(H,27,30). The molecule has 31 heavy (non-hydrogen) atoms. The van der Waals surface area contributed by atoms with E-state index in [4.69, 9.17) is 4.74 Å². The molecular weight excluding hydrogens is 458 g/mol. The summed E-state index contributed by atoms with van der Waals surface area (Å²) in [5.74, 6) is 2.05. The van der Waals surface area contributed by atoms with Crippen LogP contribution in [0.15, 0.2) is 65.1 Å². The molecule has 0 fully saturated rings. The number of carbonyl (C=O) groups excluding carboxylic acids is 1. The molecule has 2 aromatic heterocycles. The molecule has 0 bridgehead atoms. The third-order valence-electron chi connectivity index (χ3n) is 4.45. The Kier molecular flexibility index (Phi) is 5.81. The first kappa shape index (κ1) is 20.7. The van der Waals surface area contributed by atoms with Crippen LogP contribution in [0.5, 0.6) is 11.6 Å². The molecule has 0 aliphatic heterocycles. The number of nitrogens with one attached hydrogen (secondary N) is 1. The van der Waals surface area contributed by atoms with E-state index < -0.39 is 0 Å². The van der Waals surface area contributed by atoms with Crippen molar-refractivity contribution in [2.75, 3.05) is 5.32 Å². The van der Waals surface area contributed by atoms with Gasteiger partial charge in [-0.15, -0.1) is 0 Å². The average molecular weight is 478 g/mol. The van der Waals surface area contributed by atoms with Gasteiger partial charge in [0.1, 0.15) is 11.6 Å². The maximum absolute atomic E-state index is 12.4. The molecule has 0 spiro atoms. The van der Waals surface area contributed by atoms with Gasteiger partial charge >= 0.3 is 0 Å². The monoisotopic (exact) mass is 477 g/mol. The molecule has 0 aliphatic rings. The first-order valence-corrected chi connectivity index (χ1v) is 10.4. The summed E-state index contributed by atoms with van der Waals surface area (Å²) in [6, 6.07) is 18.1. The Labute approximate surface area is 188 Å². The van der Waals surface area contributed by atoms with Crippen LogP contribution in [-0.4, -0.2) is 25.7 Å². The fourth-order valence-corrected chi connectivity index (χ4v) is 3.51. The van der Waals surface area contributed by atoms with Gasteiger partial charge in [0.25, 0.3) is 5.91 Å². The van der Waals surface area contributed by atoms with Gasteiger partial charge in [0.15, 0.2) is 5.82 Å². The third kappa shape index (κ3) is 4.97. The van der Waals surface area contributed by atoms with Gasteiger partial charge < -0.3 is 10.1 Å². The molecule has 0 atom stereocenters. The quantitative estimate of drug-likeness (QED) is 0.416. The summed E-state index contributed by atoms with van der Waals surface area (Å²) in [4.78, 5) is 21.2. The van der Waals surface area contributed by atoms with Crippen LogP contribution in [0.2, 0.25) is 0 Å². The lowest BCUT2D eigenvalue weighted by molar-refractivity contribution is 0.102. The van der Waals surface area contributed by atoms with Crippen molar-refractivity contribution < 1.29 is 9.53 Å². The number of benzene rings is 2. The van der Waals surface area contributed by atoms with E-state index >= 15 is 0 Å². The molecule has 1 N–H and O–H groups in total. The van der Waals surface area contributed by atoms with Crippen molar-refractivity contribution in [3.8, 4) is 17.4 Å². The van der Waals surface area contributed by atoms with Gasteiger partial charge in [-0.25, -0.2) is 9.67 Å². The van der Waals surface area contributed by atoms with E-state index in [0.717, 1.165) is 15.9 Å². The number of halogens is 1. The normalized spacial score (nSPS) is 10.7. The minimum absolute atomic E-state index is 0.184. The fourth-order valence-electron chi connectivity index (χ4n) is 3.11. The molecule has 0 radical (unpaired) electrons. The maximum Gasteiger partial charge on any atom is 0.255 e. The number of rotatable bonds is 5. The number of aromatic nitrogens is 4. The summed E-state index contributed by atoms with van der Waals surface area (Å²) in [5, 5.41) is 7.34. The molecule has 8 heteroatoms. The van der Waals surface area contributed by atoms with E-state index in [9.17, 15) is 4.79 Å². The zero-order valence-corrected chi connectivity index (χ0v) is 18.8. The lowest BCUT2D eigenvalue weighted by Gasteiger charge is -2.10. The zero-order chi connectivity index (χ0) is 22.0. The van der Waals surface area contributed by atoms with Gasteiger partial charge in [-0.05, 0) is 69.3 Å². The molecule has 7 nitrogen and oxygen atoms in total. The Morgan fingerprint density at radius 3 is 2.45 bits per heavy atom. The molecule has 0 unspecified atom stereocenters. The minimum Gasteiger partial charge on any atom is -0.439 e. The highest BCUT2D eigenvalue weighted by molar-refractivity contribution is 9.10. The van der Waals surface area contributed by atoms with E-state index in [1.54, 1.807) is 47.1 Å². The number of aryl methyl sites for hydroxylation is 3. The van der Waals surface area contributed by atoms with Crippen molar-refractivity contribution in [1.29, 1.82) is 0 Å². The summed E-state index contributed by atoms with van der Waals surface area (Å²) in [6.07, 6.45) is 0. The Balaban J connectivity index is 1.49. The predicted molar refractivity (Wildman–Crippen MR) is 122 cm³/mol. The maximum atomic E-state index is 12.4. The first-order chi connectivity index (χ1) is 14.9. The van der Waals surface area contributed by atoms with Crippen LogP contribution in [0.1, 0.15) is 27.6 Å². The number of nitrogens with zero attached hydrogens (tertiary/aromatic N) is 4. The predicted octanol–water partition coefficient (Wildman–Crippen LogP) is 5.39. The van der Waals surface area contributed by atoms with Gasteiger partial charge in [0, 0.05) is 27.5 Å². The van der Waals surface area contributed by atoms with Crippen LogP contribution in [0.4, 0.5) is 5.69 Å². The molecule has 156 valence electrons. The van der Waals surface area contributed by atoms with E-state index in [1.165, 1.54) is 0 Å². The topological polar surface area (TPSA) is 81.9 Å². The van der Waals surface area contributed by atoms with E-state index in [1.807, 2.05) is 39.0 Å². The first-order valence-electron chi connectivity index (χ1n) is 9.61. The number of hydrogen-bond donors (Lipinski definition) is 1. The van der Waals surface area contributed by atoms with Gasteiger partial charge in [-0.3, -0.25) is 4.79 Å². The van der Waals surface area contributed by atoms with Crippen LogP contribution in [0.3, 0.4) is 0 Å². The van der Waals surface area contributed by atoms with Crippen molar-refractivity contribution in [1.82, 2.24) is 19.7 Å². The van der Waals surface area contributed by atoms with E-state index in [-0.39, 0.29) is 5.91 Å². The molecule has 4 rings (SSSR count). The highest BCUT2D eigenvalue weighted by atomic mass is 79.9. The minimum atomic E-state index is -0.184. The Bertz CT molecular complexity index is 1250. The molecule has 0 saturated heterocycles. The van der Waals surface area contributed by atoms with Gasteiger partial charge in [0.2, 0.25) is 5.88 Å². The Morgan fingerprint density at radius 1 is 1.00 bits per heavy atom. The van der Waals surface area contributed by atoms with Gasteiger partial charge in [-0.1, -0.05) is 22.0 Å². The van der Waals surface area contributed by atoms with Crippen molar-refractivity contribution in [3.05, 3.63) is 87.9 Å². The van der Waals surface area contributed by atoms with Crippen molar-refractivity contribution in [2.24, 2.45) is 0 Å². The number of carbonyl (C=O) groups is 1. The van der Waals surface area contributed by atoms with Crippen LogP contribution in [0, 0.1) is 20.8 Å². The number of ether oxygens (including phenoxy) is 1. The van der Waals surface area contributed by atoms with Crippen molar-refractivity contribution >= 4 is 27.5 Å². The smallest absolute Gasteiger partial charge is 0.255 e. The Morgan fingerprint density at radius 2 is 1.77 bits per heavy atom. The summed E-state index contributed by atoms with van der Waals surface area (Å²) in [7, 11) is 0. The molecule has 1 amide bonds. The van der Waals surface area contributed by atoms with Crippen LogP contribution < -0.4 is 10.1 Å².